The predicted octanol–water partition coefficient (Wildman–Crippen LogP) is 2.12. The Kier molecular flexibility index (Phi) is 7.35. The zero-order valence-corrected chi connectivity index (χ0v) is 16.1. The summed E-state index contributed by atoms with van der Waals surface area (Å²) in [5.74, 6) is 0.529. The van der Waals surface area contributed by atoms with E-state index in [4.69, 9.17) is 28.9 Å². The Morgan fingerprint density at radius 2 is 2.00 bits per heavy atom. The summed E-state index contributed by atoms with van der Waals surface area (Å²) in [7, 11) is 0. The van der Waals surface area contributed by atoms with Crippen LogP contribution in [0.4, 0.5) is 0 Å². The molecule has 1 aliphatic heterocycles. The van der Waals surface area contributed by atoms with Crippen molar-refractivity contribution in [3.05, 3.63) is 33.8 Å². The minimum Gasteiger partial charge on any atom is -0.370 e. The summed E-state index contributed by atoms with van der Waals surface area (Å²) in [5, 5.41) is 4.35. The molecule has 1 aromatic rings. The van der Waals surface area contributed by atoms with Gasteiger partial charge in [0.2, 0.25) is 5.91 Å². The first-order chi connectivity index (χ1) is 11.9. The van der Waals surface area contributed by atoms with E-state index in [-0.39, 0.29) is 11.9 Å². The highest BCUT2D eigenvalue weighted by Gasteiger charge is 2.17. The average molecular weight is 386 g/mol. The first-order valence-electron chi connectivity index (χ1n) is 8.36. The molecule has 1 aromatic carbocycles. The summed E-state index contributed by atoms with van der Waals surface area (Å²) in [6.07, 6.45) is 0. The highest BCUT2D eigenvalue weighted by atomic mass is 35.5. The second kappa shape index (κ2) is 9.27. The number of piperazine rings is 1. The lowest BCUT2D eigenvalue weighted by molar-refractivity contribution is -0.130. The van der Waals surface area contributed by atoms with Crippen molar-refractivity contribution in [1.29, 1.82) is 0 Å². The van der Waals surface area contributed by atoms with Crippen LogP contribution in [0.15, 0.2) is 23.2 Å². The summed E-state index contributed by atoms with van der Waals surface area (Å²) >= 11 is 12.1. The quantitative estimate of drug-likeness (QED) is 0.601. The number of hydrogen-bond acceptors (Lipinski definition) is 3. The Balaban J connectivity index is 1.77. The number of nitrogens with one attached hydrogen (secondary N) is 1. The molecular weight excluding hydrogens is 361 g/mol. The van der Waals surface area contributed by atoms with E-state index >= 15 is 0 Å². The molecule has 138 valence electrons. The van der Waals surface area contributed by atoms with E-state index in [1.54, 1.807) is 19.1 Å². The third-order valence-electron chi connectivity index (χ3n) is 4.31. The van der Waals surface area contributed by atoms with E-state index in [0.717, 1.165) is 38.3 Å². The molecule has 0 bridgehead atoms. The van der Waals surface area contributed by atoms with Crippen molar-refractivity contribution in [3.63, 3.8) is 0 Å². The van der Waals surface area contributed by atoms with Crippen molar-refractivity contribution in [2.75, 3.05) is 39.3 Å². The number of rotatable bonds is 5. The minimum absolute atomic E-state index is 0.0624. The van der Waals surface area contributed by atoms with Crippen LogP contribution in [0.25, 0.3) is 0 Å². The van der Waals surface area contributed by atoms with Crippen LogP contribution in [-0.4, -0.2) is 60.9 Å². The molecule has 0 aromatic heterocycles. The SMILES string of the molecule is CC(=O)N1CCN(CCN=C(N)NC(C)c2ccc(Cl)cc2Cl)CC1. The molecule has 2 rings (SSSR count). The van der Waals surface area contributed by atoms with Gasteiger partial charge in [0.05, 0.1) is 12.6 Å². The summed E-state index contributed by atoms with van der Waals surface area (Å²) in [4.78, 5) is 19.8. The molecule has 25 heavy (non-hydrogen) atoms. The molecule has 0 aliphatic carbocycles. The van der Waals surface area contributed by atoms with Crippen LogP contribution in [0, 0.1) is 0 Å². The molecule has 1 unspecified atom stereocenters. The Labute approximate surface area is 159 Å². The number of carbonyl (C=O) groups is 1. The van der Waals surface area contributed by atoms with Gasteiger partial charge in [0.1, 0.15) is 0 Å². The molecule has 1 fully saturated rings. The molecule has 0 radical (unpaired) electrons. The summed E-state index contributed by atoms with van der Waals surface area (Å²) in [6, 6.07) is 5.33. The number of amides is 1. The molecule has 1 atom stereocenters. The lowest BCUT2D eigenvalue weighted by atomic mass is 10.1. The van der Waals surface area contributed by atoms with Gasteiger partial charge in [-0.25, -0.2) is 0 Å². The van der Waals surface area contributed by atoms with Gasteiger partial charge in [0.15, 0.2) is 5.96 Å². The molecule has 0 saturated carbocycles. The van der Waals surface area contributed by atoms with Crippen molar-refractivity contribution < 1.29 is 4.79 Å². The van der Waals surface area contributed by atoms with Gasteiger partial charge in [0, 0.05) is 49.7 Å². The van der Waals surface area contributed by atoms with Crippen LogP contribution in [0.3, 0.4) is 0 Å². The minimum atomic E-state index is -0.0624. The maximum Gasteiger partial charge on any atom is 0.219 e. The van der Waals surface area contributed by atoms with Crippen LogP contribution in [0.1, 0.15) is 25.5 Å². The zero-order valence-electron chi connectivity index (χ0n) is 14.6. The average Bonchev–Trinajstić information content (AvgIpc) is 2.55. The van der Waals surface area contributed by atoms with Gasteiger partial charge in [-0.1, -0.05) is 29.3 Å². The Morgan fingerprint density at radius 3 is 2.60 bits per heavy atom. The van der Waals surface area contributed by atoms with Gasteiger partial charge in [-0.2, -0.15) is 0 Å². The standard InChI is InChI=1S/C17H25Cl2N5O/c1-12(15-4-3-14(18)11-16(15)19)22-17(20)21-5-6-23-7-9-24(10-8-23)13(2)25/h3-4,11-12H,5-10H2,1-2H3,(H3,20,21,22). The van der Waals surface area contributed by atoms with E-state index in [9.17, 15) is 4.79 Å². The van der Waals surface area contributed by atoms with E-state index in [1.807, 2.05) is 17.9 Å². The third-order valence-corrected chi connectivity index (χ3v) is 4.87. The number of halogens is 2. The maximum absolute atomic E-state index is 11.3. The normalized spacial score (nSPS) is 17.4. The fraction of sp³-hybridized carbons (Fsp3) is 0.529. The summed E-state index contributed by atoms with van der Waals surface area (Å²) in [6.45, 7) is 8.32. The zero-order chi connectivity index (χ0) is 18.4. The highest BCUT2D eigenvalue weighted by molar-refractivity contribution is 6.35. The fourth-order valence-electron chi connectivity index (χ4n) is 2.80. The Morgan fingerprint density at radius 1 is 1.32 bits per heavy atom. The van der Waals surface area contributed by atoms with E-state index in [0.29, 0.717) is 22.5 Å². The Hall–Kier alpha value is -1.50. The van der Waals surface area contributed by atoms with Crippen molar-refractivity contribution in [1.82, 2.24) is 15.1 Å². The smallest absolute Gasteiger partial charge is 0.219 e. The van der Waals surface area contributed by atoms with Crippen molar-refractivity contribution in [2.45, 2.75) is 19.9 Å². The van der Waals surface area contributed by atoms with E-state index in [2.05, 4.69) is 15.2 Å². The van der Waals surface area contributed by atoms with E-state index in [1.165, 1.54) is 0 Å². The first kappa shape index (κ1) is 19.8. The highest BCUT2D eigenvalue weighted by Crippen LogP contribution is 2.25. The first-order valence-corrected chi connectivity index (χ1v) is 9.11. The lowest BCUT2D eigenvalue weighted by Gasteiger charge is -2.33. The van der Waals surface area contributed by atoms with Crippen molar-refractivity contribution in [2.24, 2.45) is 10.7 Å². The number of nitrogens with zero attached hydrogens (tertiary/aromatic N) is 3. The van der Waals surface area contributed by atoms with Crippen LogP contribution in [0.5, 0.6) is 0 Å². The largest absolute Gasteiger partial charge is 0.370 e. The fourth-order valence-corrected chi connectivity index (χ4v) is 3.37. The molecule has 1 aliphatic rings. The van der Waals surface area contributed by atoms with Crippen LogP contribution >= 0.6 is 23.2 Å². The number of guanidine groups is 1. The van der Waals surface area contributed by atoms with Crippen LogP contribution in [0.2, 0.25) is 10.0 Å². The molecule has 1 heterocycles. The van der Waals surface area contributed by atoms with Crippen LogP contribution in [-0.2, 0) is 4.79 Å². The Bertz CT molecular complexity index is 629. The van der Waals surface area contributed by atoms with Crippen molar-refractivity contribution in [3.8, 4) is 0 Å². The number of aliphatic imine (C=N–C) groups is 1. The molecule has 1 amide bonds. The lowest BCUT2D eigenvalue weighted by Crippen LogP contribution is -2.48. The molecule has 8 heteroatoms. The van der Waals surface area contributed by atoms with Gasteiger partial charge in [-0.3, -0.25) is 14.7 Å². The van der Waals surface area contributed by atoms with Gasteiger partial charge in [0.25, 0.3) is 0 Å². The van der Waals surface area contributed by atoms with E-state index < -0.39 is 0 Å². The molecule has 1 saturated heterocycles. The second-order valence-electron chi connectivity index (χ2n) is 6.15. The van der Waals surface area contributed by atoms with Gasteiger partial charge in [-0.05, 0) is 24.6 Å². The van der Waals surface area contributed by atoms with Gasteiger partial charge in [-0.15, -0.1) is 0 Å². The topological polar surface area (TPSA) is 74.0 Å². The molecule has 6 nitrogen and oxygen atoms in total. The maximum atomic E-state index is 11.3. The van der Waals surface area contributed by atoms with Gasteiger partial charge >= 0.3 is 0 Å². The number of benzene rings is 1. The molecule has 0 spiro atoms. The summed E-state index contributed by atoms with van der Waals surface area (Å²) < 4.78 is 0. The molecule has 3 N–H and O–H groups in total. The summed E-state index contributed by atoms with van der Waals surface area (Å²) in [5.41, 5.74) is 6.89. The van der Waals surface area contributed by atoms with Crippen molar-refractivity contribution >= 4 is 35.1 Å². The predicted molar refractivity (Wildman–Crippen MR) is 103 cm³/mol. The number of nitrogens with two attached hydrogens (primary N) is 1. The van der Waals surface area contributed by atoms with Crippen LogP contribution < -0.4 is 11.1 Å². The number of hydrogen-bond donors (Lipinski definition) is 2. The van der Waals surface area contributed by atoms with Gasteiger partial charge < -0.3 is 16.0 Å². The third kappa shape index (κ3) is 6.06. The molecular formula is C17H25Cl2N5O. The monoisotopic (exact) mass is 385 g/mol. The number of carbonyl (C=O) groups excluding carboxylic acids is 1. The second-order valence-corrected chi connectivity index (χ2v) is 6.99.